The van der Waals surface area contributed by atoms with Gasteiger partial charge in [0.05, 0.1) is 26.3 Å². The standard InChI is InChI=1S/C13H18N2O4/c1-15(9-8-12(16)19-3)13(17)14-10-6-4-5-7-11(10)18-2/h4-7H,8-9H2,1-3H3,(H,14,17). The van der Waals surface area contributed by atoms with Crippen LogP contribution in [-0.4, -0.2) is 44.7 Å². The van der Waals surface area contributed by atoms with Crippen LogP contribution in [0.4, 0.5) is 10.5 Å². The highest BCUT2D eigenvalue weighted by Gasteiger charge is 2.12. The summed E-state index contributed by atoms with van der Waals surface area (Å²) in [5.74, 6) is 0.231. The van der Waals surface area contributed by atoms with Crippen molar-refractivity contribution in [1.82, 2.24) is 4.90 Å². The van der Waals surface area contributed by atoms with Crippen molar-refractivity contribution in [2.45, 2.75) is 6.42 Å². The van der Waals surface area contributed by atoms with Crippen LogP contribution in [0.25, 0.3) is 0 Å². The average molecular weight is 266 g/mol. The van der Waals surface area contributed by atoms with Crippen LogP contribution < -0.4 is 10.1 Å². The second-order valence-electron chi connectivity index (χ2n) is 3.88. The van der Waals surface area contributed by atoms with Crippen LogP contribution in [0.15, 0.2) is 24.3 Å². The van der Waals surface area contributed by atoms with E-state index in [1.165, 1.54) is 19.1 Å². The van der Waals surface area contributed by atoms with Crippen LogP contribution >= 0.6 is 0 Å². The maximum absolute atomic E-state index is 11.9. The molecule has 0 aromatic heterocycles. The summed E-state index contributed by atoms with van der Waals surface area (Å²) in [6.45, 7) is 0.285. The fraction of sp³-hybridized carbons (Fsp3) is 0.385. The summed E-state index contributed by atoms with van der Waals surface area (Å²) in [5.41, 5.74) is 0.583. The highest BCUT2D eigenvalue weighted by Crippen LogP contribution is 2.23. The summed E-state index contributed by atoms with van der Waals surface area (Å²) < 4.78 is 9.65. The first kappa shape index (κ1) is 14.8. The molecule has 6 heteroatoms. The summed E-state index contributed by atoms with van der Waals surface area (Å²) in [4.78, 5) is 24.3. The number of esters is 1. The number of ether oxygens (including phenoxy) is 2. The van der Waals surface area contributed by atoms with Crippen LogP contribution in [0, 0.1) is 0 Å². The topological polar surface area (TPSA) is 67.9 Å². The van der Waals surface area contributed by atoms with Gasteiger partial charge in [-0.1, -0.05) is 12.1 Å². The van der Waals surface area contributed by atoms with Crippen LogP contribution in [0.1, 0.15) is 6.42 Å². The molecule has 19 heavy (non-hydrogen) atoms. The molecule has 1 aromatic carbocycles. The number of benzene rings is 1. The largest absolute Gasteiger partial charge is 0.495 e. The minimum atomic E-state index is -0.350. The molecule has 0 unspecified atom stereocenters. The number of urea groups is 1. The van der Waals surface area contributed by atoms with Crippen molar-refractivity contribution in [3.05, 3.63) is 24.3 Å². The molecule has 0 fully saturated rings. The highest BCUT2D eigenvalue weighted by atomic mass is 16.5. The third-order valence-electron chi connectivity index (χ3n) is 2.57. The average Bonchev–Trinajstić information content (AvgIpc) is 2.44. The zero-order chi connectivity index (χ0) is 14.3. The summed E-state index contributed by atoms with van der Waals surface area (Å²) >= 11 is 0. The number of hydrogen-bond acceptors (Lipinski definition) is 4. The number of para-hydroxylation sites is 2. The Morgan fingerprint density at radius 3 is 2.58 bits per heavy atom. The van der Waals surface area contributed by atoms with Crippen molar-refractivity contribution in [3.63, 3.8) is 0 Å². The SMILES string of the molecule is COC(=O)CCN(C)C(=O)Nc1ccccc1OC. The lowest BCUT2D eigenvalue weighted by atomic mass is 10.3. The molecule has 0 aliphatic carbocycles. The van der Waals surface area contributed by atoms with E-state index < -0.39 is 0 Å². The van der Waals surface area contributed by atoms with E-state index in [0.717, 1.165) is 0 Å². The first-order chi connectivity index (χ1) is 9.08. The van der Waals surface area contributed by atoms with Crippen molar-refractivity contribution in [1.29, 1.82) is 0 Å². The number of nitrogens with one attached hydrogen (secondary N) is 1. The highest BCUT2D eigenvalue weighted by molar-refractivity contribution is 5.91. The quantitative estimate of drug-likeness (QED) is 0.824. The van der Waals surface area contributed by atoms with Crippen molar-refractivity contribution in [2.24, 2.45) is 0 Å². The van der Waals surface area contributed by atoms with E-state index in [4.69, 9.17) is 4.74 Å². The zero-order valence-electron chi connectivity index (χ0n) is 11.3. The number of methoxy groups -OCH3 is 2. The lowest BCUT2D eigenvalue weighted by Gasteiger charge is -2.18. The van der Waals surface area contributed by atoms with Gasteiger partial charge in [-0.05, 0) is 12.1 Å². The van der Waals surface area contributed by atoms with Crippen molar-refractivity contribution in [2.75, 3.05) is 33.1 Å². The molecule has 0 aliphatic rings. The van der Waals surface area contributed by atoms with Crippen LogP contribution in [0.2, 0.25) is 0 Å². The van der Waals surface area contributed by atoms with Crippen molar-refractivity contribution < 1.29 is 19.1 Å². The molecule has 0 heterocycles. The number of nitrogens with zero attached hydrogens (tertiary/aromatic N) is 1. The Kier molecular flexibility index (Phi) is 5.66. The first-order valence-electron chi connectivity index (χ1n) is 5.80. The lowest BCUT2D eigenvalue weighted by molar-refractivity contribution is -0.140. The molecule has 0 saturated carbocycles. The lowest BCUT2D eigenvalue weighted by Crippen LogP contribution is -2.33. The van der Waals surface area contributed by atoms with Gasteiger partial charge in [-0.25, -0.2) is 4.79 Å². The molecule has 6 nitrogen and oxygen atoms in total. The molecule has 0 radical (unpaired) electrons. The van der Waals surface area contributed by atoms with Crippen molar-refractivity contribution >= 4 is 17.7 Å². The van der Waals surface area contributed by atoms with E-state index in [2.05, 4.69) is 10.1 Å². The monoisotopic (exact) mass is 266 g/mol. The minimum absolute atomic E-state index is 0.159. The first-order valence-corrected chi connectivity index (χ1v) is 5.80. The fourth-order valence-corrected chi connectivity index (χ4v) is 1.42. The van der Waals surface area contributed by atoms with Gasteiger partial charge in [0.2, 0.25) is 0 Å². The fourth-order valence-electron chi connectivity index (χ4n) is 1.42. The maximum atomic E-state index is 11.9. The van der Waals surface area contributed by atoms with Gasteiger partial charge in [0.1, 0.15) is 5.75 Å². The maximum Gasteiger partial charge on any atom is 0.321 e. The van der Waals surface area contributed by atoms with Gasteiger partial charge < -0.3 is 19.7 Å². The Bertz CT molecular complexity index is 448. The van der Waals surface area contributed by atoms with Crippen LogP contribution in [0.5, 0.6) is 5.75 Å². The molecule has 0 spiro atoms. The number of amides is 2. The molecule has 1 rings (SSSR count). The Balaban J connectivity index is 2.56. The number of carbonyl (C=O) groups excluding carboxylic acids is 2. The van der Waals surface area contributed by atoms with Crippen molar-refractivity contribution in [3.8, 4) is 5.75 Å². The van der Waals surface area contributed by atoms with Crippen LogP contribution in [-0.2, 0) is 9.53 Å². The predicted octanol–water partition coefficient (Wildman–Crippen LogP) is 1.72. The Labute approximate surface area is 112 Å². The predicted molar refractivity (Wildman–Crippen MR) is 71.3 cm³/mol. The van der Waals surface area contributed by atoms with Gasteiger partial charge >= 0.3 is 12.0 Å². The summed E-state index contributed by atoms with van der Waals surface area (Å²) in [5, 5.41) is 2.71. The molecule has 0 bridgehead atoms. The van der Waals surface area contributed by atoms with E-state index in [1.54, 1.807) is 25.2 Å². The van der Waals surface area contributed by atoms with Gasteiger partial charge in [0.15, 0.2) is 0 Å². The number of rotatable bonds is 5. The van der Waals surface area contributed by atoms with E-state index in [1.807, 2.05) is 6.07 Å². The molecular weight excluding hydrogens is 248 g/mol. The molecular formula is C13H18N2O4. The zero-order valence-corrected chi connectivity index (χ0v) is 11.3. The van der Waals surface area contributed by atoms with Gasteiger partial charge in [-0.15, -0.1) is 0 Å². The normalized spacial score (nSPS) is 9.63. The van der Waals surface area contributed by atoms with Gasteiger partial charge in [0, 0.05) is 13.6 Å². The van der Waals surface area contributed by atoms with Gasteiger partial charge in [-0.3, -0.25) is 4.79 Å². The summed E-state index contributed by atoms with van der Waals surface area (Å²) in [6.07, 6.45) is 0.159. The van der Waals surface area contributed by atoms with E-state index in [9.17, 15) is 9.59 Å². The van der Waals surface area contributed by atoms with Gasteiger partial charge in [0.25, 0.3) is 0 Å². The number of carbonyl (C=O) groups is 2. The third kappa shape index (κ3) is 4.50. The van der Waals surface area contributed by atoms with E-state index >= 15 is 0 Å². The second-order valence-corrected chi connectivity index (χ2v) is 3.88. The van der Waals surface area contributed by atoms with Crippen LogP contribution in [0.3, 0.4) is 0 Å². The smallest absolute Gasteiger partial charge is 0.321 e. The Hall–Kier alpha value is -2.24. The molecule has 2 amide bonds. The third-order valence-corrected chi connectivity index (χ3v) is 2.57. The van der Waals surface area contributed by atoms with E-state index in [-0.39, 0.29) is 25.0 Å². The summed E-state index contributed by atoms with van der Waals surface area (Å²) in [6, 6.07) is 6.80. The number of anilines is 1. The van der Waals surface area contributed by atoms with Gasteiger partial charge in [-0.2, -0.15) is 0 Å². The molecule has 0 saturated heterocycles. The molecule has 1 N–H and O–H groups in total. The van der Waals surface area contributed by atoms with E-state index in [0.29, 0.717) is 11.4 Å². The number of hydrogen-bond donors (Lipinski definition) is 1. The Morgan fingerprint density at radius 1 is 1.26 bits per heavy atom. The molecule has 1 aromatic rings. The molecule has 0 aliphatic heterocycles. The summed E-state index contributed by atoms with van der Waals surface area (Å²) in [7, 11) is 4.46. The molecule has 0 atom stereocenters. The Morgan fingerprint density at radius 2 is 1.95 bits per heavy atom. The molecule has 104 valence electrons. The second kappa shape index (κ2) is 7.25. The minimum Gasteiger partial charge on any atom is -0.495 e.